The molecule has 0 aliphatic heterocycles. The zero-order valence-electron chi connectivity index (χ0n) is 14.1. The Labute approximate surface area is 140 Å². The molecule has 0 saturated carbocycles. The molecular weight excluding hydrogens is 312 g/mol. The van der Waals surface area contributed by atoms with Gasteiger partial charge in [-0.25, -0.2) is 0 Å². The van der Waals surface area contributed by atoms with Crippen molar-refractivity contribution in [2.45, 2.75) is 31.3 Å². The van der Waals surface area contributed by atoms with Gasteiger partial charge in [-0.3, -0.25) is 4.79 Å². The van der Waals surface area contributed by atoms with E-state index in [4.69, 9.17) is 4.74 Å². The Hall–Kier alpha value is -2.02. The molecule has 1 amide bonds. The average Bonchev–Trinajstić information content (AvgIpc) is 2.89. The fourth-order valence-corrected chi connectivity index (χ4v) is 2.68. The van der Waals surface area contributed by atoms with Gasteiger partial charge in [0, 0.05) is 7.05 Å². The predicted molar refractivity (Wildman–Crippen MR) is 92.1 cm³/mol. The highest BCUT2D eigenvalue weighted by Crippen LogP contribution is 2.31. The molecular formula is C16H22N4O2S. The Kier molecular flexibility index (Phi) is 5.30. The minimum atomic E-state index is -0.109. The van der Waals surface area contributed by atoms with E-state index in [0.29, 0.717) is 16.6 Å². The number of amides is 1. The molecule has 0 aliphatic rings. The van der Waals surface area contributed by atoms with E-state index in [1.54, 1.807) is 18.0 Å². The summed E-state index contributed by atoms with van der Waals surface area (Å²) in [5.41, 5.74) is 1.82. The lowest BCUT2D eigenvalue weighted by molar-refractivity contribution is -0.113. The summed E-state index contributed by atoms with van der Waals surface area (Å²) < 4.78 is 7.11. The molecule has 23 heavy (non-hydrogen) atoms. The van der Waals surface area contributed by atoms with E-state index in [0.717, 1.165) is 5.56 Å². The molecule has 2 aromatic rings. The first-order chi connectivity index (χ1) is 10.8. The van der Waals surface area contributed by atoms with Crippen molar-refractivity contribution in [3.05, 3.63) is 30.1 Å². The number of hydrogen-bond acceptors (Lipinski definition) is 5. The number of anilines is 1. The van der Waals surface area contributed by atoms with E-state index in [1.165, 1.54) is 11.8 Å². The first-order valence-corrected chi connectivity index (χ1v) is 8.25. The second-order valence-corrected chi connectivity index (χ2v) is 7.17. The average molecular weight is 334 g/mol. The number of ether oxygens (including phenoxy) is 1. The summed E-state index contributed by atoms with van der Waals surface area (Å²) in [7, 11) is 3.44. The van der Waals surface area contributed by atoms with Crippen LogP contribution >= 0.6 is 11.8 Å². The lowest BCUT2D eigenvalue weighted by Gasteiger charge is -2.21. The maximum atomic E-state index is 12.2. The number of nitrogens with one attached hydrogen (secondary N) is 1. The van der Waals surface area contributed by atoms with Gasteiger partial charge < -0.3 is 14.6 Å². The summed E-state index contributed by atoms with van der Waals surface area (Å²) in [6, 6.07) is 5.86. The third-order valence-electron chi connectivity index (χ3n) is 3.34. The number of aryl methyl sites for hydroxylation is 1. The molecule has 6 nitrogen and oxygen atoms in total. The SMILES string of the molecule is COc1ccc(C(C)(C)C)cc1NC(=O)CSc1nncn1C. The fraction of sp³-hybridized carbons (Fsp3) is 0.438. The van der Waals surface area contributed by atoms with Crippen molar-refractivity contribution in [3.8, 4) is 5.75 Å². The Morgan fingerprint density at radius 3 is 2.70 bits per heavy atom. The van der Waals surface area contributed by atoms with Crippen LogP contribution in [0.3, 0.4) is 0 Å². The van der Waals surface area contributed by atoms with Crippen LogP contribution in [0.15, 0.2) is 29.7 Å². The Morgan fingerprint density at radius 2 is 2.13 bits per heavy atom. The normalized spacial score (nSPS) is 11.3. The van der Waals surface area contributed by atoms with Crippen molar-refractivity contribution in [1.82, 2.24) is 14.8 Å². The van der Waals surface area contributed by atoms with Crippen molar-refractivity contribution in [2.24, 2.45) is 7.05 Å². The van der Waals surface area contributed by atoms with Gasteiger partial charge in [0.15, 0.2) is 5.16 Å². The number of hydrogen-bond donors (Lipinski definition) is 1. The Bertz CT molecular complexity index is 692. The number of nitrogens with zero attached hydrogens (tertiary/aromatic N) is 3. The van der Waals surface area contributed by atoms with Crippen LogP contribution in [0.25, 0.3) is 0 Å². The van der Waals surface area contributed by atoms with Gasteiger partial charge in [0.05, 0.1) is 18.6 Å². The zero-order chi connectivity index (χ0) is 17.0. The van der Waals surface area contributed by atoms with Crippen LogP contribution in [-0.2, 0) is 17.3 Å². The van der Waals surface area contributed by atoms with Crippen LogP contribution in [0, 0.1) is 0 Å². The summed E-state index contributed by atoms with van der Waals surface area (Å²) in [5.74, 6) is 0.799. The maximum absolute atomic E-state index is 12.2. The van der Waals surface area contributed by atoms with Crippen molar-refractivity contribution in [2.75, 3.05) is 18.2 Å². The van der Waals surface area contributed by atoms with Crippen LogP contribution in [0.1, 0.15) is 26.3 Å². The lowest BCUT2D eigenvalue weighted by Crippen LogP contribution is -2.17. The molecule has 1 aromatic heterocycles. The summed E-state index contributed by atoms with van der Waals surface area (Å²) >= 11 is 1.34. The second-order valence-electron chi connectivity index (χ2n) is 6.23. The number of carbonyl (C=O) groups is 1. The molecule has 124 valence electrons. The number of aromatic nitrogens is 3. The van der Waals surface area contributed by atoms with Crippen LogP contribution in [0.2, 0.25) is 0 Å². The minimum Gasteiger partial charge on any atom is -0.495 e. The molecule has 0 radical (unpaired) electrons. The van der Waals surface area contributed by atoms with E-state index in [9.17, 15) is 4.79 Å². The molecule has 0 aliphatic carbocycles. The predicted octanol–water partition coefficient (Wildman–Crippen LogP) is 2.85. The van der Waals surface area contributed by atoms with E-state index >= 15 is 0 Å². The van der Waals surface area contributed by atoms with Gasteiger partial charge in [-0.05, 0) is 23.1 Å². The van der Waals surface area contributed by atoms with Crippen LogP contribution in [-0.4, -0.2) is 33.5 Å². The summed E-state index contributed by atoms with van der Waals surface area (Å²) in [6.07, 6.45) is 1.61. The van der Waals surface area contributed by atoms with E-state index in [1.807, 2.05) is 25.2 Å². The monoisotopic (exact) mass is 334 g/mol. The molecule has 2 rings (SSSR count). The summed E-state index contributed by atoms with van der Waals surface area (Å²) in [5, 5.41) is 11.4. The molecule has 0 fully saturated rings. The first-order valence-electron chi connectivity index (χ1n) is 7.26. The fourth-order valence-electron chi connectivity index (χ4n) is 1.99. The molecule has 7 heteroatoms. The van der Waals surface area contributed by atoms with Gasteiger partial charge in [-0.1, -0.05) is 38.6 Å². The molecule has 0 bridgehead atoms. The van der Waals surface area contributed by atoms with E-state index in [2.05, 4.69) is 36.3 Å². The number of thioether (sulfide) groups is 1. The topological polar surface area (TPSA) is 69.0 Å². The minimum absolute atomic E-state index is 0.000864. The number of methoxy groups -OCH3 is 1. The van der Waals surface area contributed by atoms with Gasteiger partial charge in [-0.15, -0.1) is 10.2 Å². The molecule has 1 N–H and O–H groups in total. The van der Waals surface area contributed by atoms with Crippen molar-refractivity contribution >= 4 is 23.4 Å². The molecule has 0 atom stereocenters. The Morgan fingerprint density at radius 1 is 1.39 bits per heavy atom. The second kappa shape index (κ2) is 7.04. The van der Waals surface area contributed by atoms with Crippen molar-refractivity contribution in [1.29, 1.82) is 0 Å². The van der Waals surface area contributed by atoms with Gasteiger partial charge in [0.2, 0.25) is 5.91 Å². The molecule has 0 unspecified atom stereocenters. The zero-order valence-corrected chi connectivity index (χ0v) is 14.9. The lowest BCUT2D eigenvalue weighted by atomic mass is 9.87. The van der Waals surface area contributed by atoms with E-state index in [-0.39, 0.29) is 17.1 Å². The first kappa shape index (κ1) is 17.3. The summed E-state index contributed by atoms with van der Waals surface area (Å²) in [4.78, 5) is 12.2. The highest BCUT2D eigenvalue weighted by Gasteiger charge is 2.17. The number of carbonyl (C=O) groups excluding carboxylic acids is 1. The molecule has 1 aromatic carbocycles. The summed E-state index contributed by atoms with van der Waals surface area (Å²) in [6.45, 7) is 6.39. The highest BCUT2D eigenvalue weighted by molar-refractivity contribution is 7.99. The Balaban J connectivity index is 2.08. The van der Waals surface area contributed by atoms with Gasteiger partial charge in [-0.2, -0.15) is 0 Å². The molecule has 0 spiro atoms. The smallest absolute Gasteiger partial charge is 0.234 e. The quantitative estimate of drug-likeness (QED) is 0.852. The van der Waals surface area contributed by atoms with Crippen LogP contribution < -0.4 is 10.1 Å². The maximum Gasteiger partial charge on any atom is 0.234 e. The molecule has 1 heterocycles. The van der Waals surface area contributed by atoms with Gasteiger partial charge in [0.25, 0.3) is 0 Å². The van der Waals surface area contributed by atoms with Crippen molar-refractivity contribution < 1.29 is 9.53 Å². The molecule has 0 saturated heterocycles. The number of benzene rings is 1. The van der Waals surface area contributed by atoms with Crippen LogP contribution in [0.5, 0.6) is 5.75 Å². The van der Waals surface area contributed by atoms with Crippen LogP contribution in [0.4, 0.5) is 5.69 Å². The van der Waals surface area contributed by atoms with Gasteiger partial charge >= 0.3 is 0 Å². The van der Waals surface area contributed by atoms with Crippen molar-refractivity contribution in [3.63, 3.8) is 0 Å². The third-order valence-corrected chi connectivity index (χ3v) is 4.38. The highest BCUT2D eigenvalue weighted by atomic mass is 32.2. The number of rotatable bonds is 5. The largest absolute Gasteiger partial charge is 0.495 e. The third kappa shape index (κ3) is 4.48. The van der Waals surface area contributed by atoms with E-state index < -0.39 is 0 Å². The standard InChI is InChI=1S/C16H22N4O2S/c1-16(2,3)11-6-7-13(22-5)12(8-11)18-14(21)9-23-15-19-17-10-20(15)4/h6-8,10H,9H2,1-5H3,(H,18,21). The van der Waals surface area contributed by atoms with Gasteiger partial charge in [0.1, 0.15) is 12.1 Å².